The molecule has 0 bridgehead atoms. The molecule has 1 unspecified atom stereocenters. The summed E-state index contributed by atoms with van der Waals surface area (Å²) in [7, 11) is 1.64. The van der Waals surface area contributed by atoms with E-state index in [1.54, 1.807) is 25.5 Å². The Kier molecular flexibility index (Phi) is 9.24. The number of hydrogen-bond acceptors (Lipinski definition) is 4. The highest BCUT2D eigenvalue weighted by atomic mass is 127. The average Bonchev–Trinajstić information content (AvgIpc) is 3.12. The molecule has 0 amide bonds. The minimum atomic E-state index is -0.722. The zero-order valence-corrected chi connectivity index (χ0v) is 16.2. The smallest absolute Gasteiger partial charge is 0.191 e. The van der Waals surface area contributed by atoms with Gasteiger partial charge >= 0.3 is 0 Å². The van der Waals surface area contributed by atoms with Crippen LogP contribution < -0.4 is 15.4 Å². The van der Waals surface area contributed by atoms with E-state index >= 15 is 0 Å². The van der Waals surface area contributed by atoms with Crippen molar-refractivity contribution in [2.75, 3.05) is 20.2 Å². The number of para-hydroxylation sites is 1. The number of aliphatic hydroxyl groups excluding tert-OH is 1. The quantitative estimate of drug-likeness (QED) is 0.347. The molecular weight excluding hydrogens is 421 g/mol. The Morgan fingerprint density at radius 1 is 1.25 bits per heavy atom. The van der Waals surface area contributed by atoms with E-state index in [2.05, 4.69) is 15.6 Å². The summed E-state index contributed by atoms with van der Waals surface area (Å²) < 4.78 is 10.5. The Balaban J connectivity index is 0.00000288. The first-order valence-corrected chi connectivity index (χ1v) is 7.60. The number of methoxy groups -OCH3 is 1. The number of rotatable bonds is 7. The van der Waals surface area contributed by atoms with Crippen LogP contribution in [0.3, 0.4) is 0 Å². The monoisotopic (exact) mass is 445 g/mol. The predicted molar refractivity (Wildman–Crippen MR) is 105 cm³/mol. The largest absolute Gasteiger partial charge is 0.496 e. The first-order valence-electron chi connectivity index (χ1n) is 7.60. The average molecular weight is 445 g/mol. The van der Waals surface area contributed by atoms with Crippen molar-refractivity contribution in [1.82, 2.24) is 10.6 Å². The Labute approximate surface area is 159 Å². The lowest BCUT2D eigenvalue weighted by Gasteiger charge is -2.14. The topological polar surface area (TPSA) is 79.0 Å². The van der Waals surface area contributed by atoms with Crippen molar-refractivity contribution < 1.29 is 14.3 Å². The van der Waals surface area contributed by atoms with E-state index in [1.807, 2.05) is 31.2 Å². The maximum Gasteiger partial charge on any atom is 0.191 e. The van der Waals surface area contributed by atoms with Crippen LogP contribution >= 0.6 is 24.0 Å². The maximum atomic E-state index is 10.0. The van der Waals surface area contributed by atoms with Gasteiger partial charge < -0.3 is 24.9 Å². The number of aliphatic imine (C=N–C) groups is 1. The second kappa shape index (κ2) is 10.9. The van der Waals surface area contributed by atoms with Crippen LogP contribution in [0.4, 0.5) is 0 Å². The molecule has 0 spiro atoms. The summed E-state index contributed by atoms with van der Waals surface area (Å²) in [6.07, 6.45) is 0.819. The van der Waals surface area contributed by atoms with Gasteiger partial charge in [-0.25, -0.2) is 4.99 Å². The number of halogens is 1. The van der Waals surface area contributed by atoms with E-state index in [4.69, 9.17) is 9.15 Å². The summed E-state index contributed by atoms with van der Waals surface area (Å²) in [5.41, 5.74) is 0.999. The van der Waals surface area contributed by atoms with Crippen LogP contribution in [0.2, 0.25) is 0 Å². The van der Waals surface area contributed by atoms with Gasteiger partial charge in [0.05, 0.1) is 26.5 Å². The highest BCUT2D eigenvalue weighted by Crippen LogP contribution is 2.18. The fraction of sp³-hybridized carbons (Fsp3) is 0.353. The van der Waals surface area contributed by atoms with Crippen LogP contribution in [0.5, 0.6) is 5.75 Å². The van der Waals surface area contributed by atoms with E-state index in [-0.39, 0.29) is 24.0 Å². The summed E-state index contributed by atoms with van der Waals surface area (Å²) in [5.74, 6) is 1.96. The van der Waals surface area contributed by atoms with Crippen LogP contribution in [-0.2, 0) is 6.54 Å². The summed E-state index contributed by atoms with van der Waals surface area (Å²) in [6, 6.07) is 11.3. The van der Waals surface area contributed by atoms with Gasteiger partial charge in [-0.3, -0.25) is 0 Å². The highest BCUT2D eigenvalue weighted by Gasteiger charge is 2.11. The number of benzene rings is 1. The molecule has 1 heterocycles. The van der Waals surface area contributed by atoms with Crippen LogP contribution in [0.25, 0.3) is 0 Å². The first kappa shape index (κ1) is 20.3. The minimum Gasteiger partial charge on any atom is -0.496 e. The Morgan fingerprint density at radius 2 is 2.04 bits per heavy atom. The molecule has 7 heteroatoms. The molecule has 1 aromatic heterocycles. The number of ether oxygens (including phenoxy) is 1. The molecule has 132 valence electrons. The molecule has 2 aromatic rings. The molecule has 6 nitrogen and oxygen atoms in total. The van der Waals surface area contributed by atoms with Gasteiger partial charge in [0.15, 0.2) is 5.96 Å². The second-order valence-corrected chi connectivity index (χ2v) is 4.92. The zero-order chi connectivity index (χ0) is 16.5. The molecular formula is C17H24IN3O3. The Morgan fingerprint density at radius 3 is 2.71 bits per heavy atom. The van der Waals surface area contributed by atoms with Crippen molar-refractivity contribution in [2.45, 2.75) is 19.6 Å². The van der Waals surface area contributed by atoms with Gasteiger partial charge in [-0.15, -0.1) is 24.0 Å². The molecule has 0 aliphatic carbocycles. The summed E-state index contributed by atoms with van der Waals surface area (Å²) >= 11 is 0. The Hall–Kier alpha value is -1.74. The molecule has 0 aliphatic rings. The third-order valence-corrected chi connectivity index (χ3v) is 3.28. The molecule has 1 aromatic carbocycles. The molecule has 0 fully saturated rings. The summed E-state index contributed by atoms with van der Waals surface area (Å²) in [6.45, 7) is 3.51. The van der Waals surface area contributed by atoms with E-state index in [0.717, 1.165) is 17.9 Å². The molecule has 0 saturated carbocycles. The number of nitrogens with zero attached hydrogens (tertiary/aromatic N) is 1. The number of nitrogens with one attached hydrogen (secondary N) is 2. The van der Waals surface area contributed by atoms with Gasteiger partial charge in [0, 0.05) is 12.1 Å². The van der Waals surface area contributed by atoms with E-state index in [9.17, 15) is 5.11 Å². The minimum absolute atomic E-state index is 0. The second-order valence-electron chi connectivity index (χ2n) is 4.92. The lowest BCUT2D eigenvalue weighted by atomic mass is 10.2. The summed E-state index contributed by atoms with van der Waals surface area (Å²) in [5, 5.41) is 16.3. The fourth-order valence-electron chi connectivity index (χ4n) is 2.11. The van der Waals surface area contributed by atoms with Crippen LogP contribution in [0.1, 0.15) is 24.4 Å². The van der Waals surface area contributed by atoms with Crippen molar-refractivity contribution in [3.63, 3.8) is 0 Å². The predicted octanol–water partition coefficient (Wildman–Crippen LogP) is 2.69. The van der Waals surface area contributed by atoms with Gasteiger partial charge in [-0.05, 0) is 25.1 Å². The molecule has 1 atom stereocenters. The van der Waals surface area contributed by atoms with Crippen LogP contribution in [0.15, 0.2) is 52.1 Å². The van der Waals surface area contributed by atoms with Gasteiger partial charge in [0.2, 0.25) is 0 Å². The van der Waals surface area contributed by atoms with Crippen LogP contribution in [-0.4, -0.2) is 31.3 Å². The normalized spacial score (nSPS) is 12.2. The number of guanidine groups is 1. The molecule has 2 rings (SSSR count). The number of aliphatic hydroxyl groups is 1. The highest BCUT2D eigenvalue weighted by molar-refractivity contribution is 14.0. The Bertz CT molecular complexity index is 617. The van der Waals surface area contributed by atoms with Crippen LogP contribution in [0, 0.1) is 0 Å². The standard InChI is InChI=1S/C17H23N3O3.HI/c1-3-18-17(20-12-14(21)16-9-6-10-23-16)19-11-13-7-4-5-8-15(13)22-2;/h4-10,14,21H,3,11-12H2,1-2H3,(H2,18,19,20);1H. The number of hydrogen-bond donors (Lipinski definition) is 3. The van der Waals surface area contributed by atoms with Gasteiger partial charge in [-0.2, -0.15) is 0 Å². The van der Waals surface area contributed by atoms with E-state index in [1.165, 1.54) is 0 Å². The first-order chi connectivity index (χ1) is 11.2. The van der Waals surface area contributed by atoms with E-state index in [0.29, 0.717) is 24.8 Å². The molecule has 0 radical (unpaired) electrons. The van der Waals surface area contributed by atoms with Crippen molar-refractivity contribution in [3.05, 3.63) is 54.0 Å². The lowest BCUT2D eigenvalue weighted by Crippen LogP contribution is -2.39. The van der Waals surface area contributed by atoms with Gasteiger partial charge in [0.25, 0.3) is 0 Å². The third-order valence-electron chi connectivity index (χ3n) is 3.28. The van der Waals surface area contributed by atoms with Crippen molar-refractivity contribution >= 4 is 29.9 Å². The van der Waals surface area contributed by atoms with Crippen molar-refractivity contribution in [1.29, 1.82) is 0 Å². The third kappa shape index (κ3) is 6.04. The lowest BCUT2D eigenvalue weighted by molar-refractivity contribution is 0.153. The SMILES string of the molecule is CCNC(=NCc1ccccc1OC)NCC(O)c1ccco1.I. The number of furan rings is 1. The van der Waals surface area contributed by atoms with Gasteiger partial charge in [0.1, 0.15) is 17.6 Å². The molecule has 3 N–H and O–H groups in total. The molecule has 0 saturated heterocycles. The maximum absolute atomic E-state index is 10.0. The molecule has 24 heavy (non-hydrogen) atoms. The van der Waals surface area contributed by atoms with Crippen molar-refractivity contribution in [3.8, 4) is 5.75 Å². The zero-order valence-electron chi connectivity index (χ0n) is 13.9. The summed E-state index contributed by atoms with van der Waals surface area (Å²) in [4.78, 5) is 4.52. The fourth-order valence-corrected chi connectivity index (χ4v) is 2.11. The molecule has 0 aliphatic heterocycles. The van der Waals surface area contributed by atoms with Crippen molar-refractivity contribution in [2.24, 2.45) is 4.99 Å². The van der Waals surface area contributed by atoms with E-state index < -0.39 is 6.10 Å². The van der Waals surface area contributed by atoms with Gasteiger partial charge in [-0.1, -0.05) is 18.2 Å².